The molecule has 0 bridgehead atoms. The summed E-state index contributed by atoms with van der Waals surface area (Å²) in [7, 11) is 0. The van der Waals surface area contributed by atoms with Gasteiger partial charge in [-0.2, -0.15) is 0 Å². The molecule has 4 nitrogen and oxygen atoms in total. The number of ether oxygens (including phenoxy) is 1. The van der Waals surface area contributed by atoms with Crippen molar-refractivity contribution >= 4 is 29.1 Å². The van der Waals surface area contributed by atoms with Crippen LogP contribution in [0.3, 0.4) is 0 Å². The van der Waals surface area contributed by atoms with Gasteiger partial charge in [0.25, 0.3) is 0 Å². The molecule has 2 N–H and O–H groups in total. The first-order chi connectivity index (χ1) is 14.7. The molecule has 5 heteroatoms. The van der Waals surface area contributed by atoms with Crippen LogP contribution >= 0.6 is 12.4 Å². The predicted molar refractivity (Wildman–Crippen MR) is 126 cm³/mol. The summed E-state index contributed by atoms with van der Waals surface area (Å²) in [6.07, 6.45) is 0. The Labute approximate surface area is 187 Å². The summed E-state index contributed by atoms with van der Waals surface area (Å²) in [4.78, 5) is 11.0. The van der Waals surface area contributed by atoms with Crippen molar-refractivity contribution in [2.75, 3.05) is 0 Å². The first kappa shape index (κ1) is 22.3. The van der Waals surface area contributed by atoms with Crippen molar-refractivity contribution in [3.63, 3.8) is 0 Å². The van der Waals surface area contributed by atoms with Crippen LogP contribution in [0.15, 0.2) is 91.0 Å². The maximum Gasteiger partial charge on any atom is 0.335 e. The molecule has 0 atom stereocenters. The van der Waals surface area contributed by atoms with Gasteiger partial charge in [0.1, 0.15) is 12.4 Å². The zero-order valence-electron chi connectivity index (χ0n) is 17.0. The fourth-order valence-electron chi connectivity index (χ4n) is 3.47. The minimum absolute atomic E-state index is 0. The second-order valence-electron chi connectivity index (χ2n) is 7.14. The number of aromatic carboxylic acids is 1. The van der Waals surface area contributed by atoms with Crippen molar-refractivity contribution in [3.05, 3.63) is 113 Å². The van der Waals surface area contributed by atoms with Gasteiger partial charge in [0.2, 0.25) is 0 Å². The molecule has 158 valence electrons. The van der Waals surface area contributed by atoms with E-state index in [0.717, 1.165) is 27.8 Å². The molecular weight excluding hydrogens is 410 g/mol. The molecule has 0 unspecified atom stereocenters. The third kappa shape index (κ3) is 5.63. The fraction of sp³-hybridized carbons (Fsp3) is 0.115. The predicted octanol–water partition coefficient (Wildman–Crippen LogP) is 5.83. The van der Waals surface area contributed by atoms with Crippen molar-refractivity contribution in [2.45, 2.75) is 19.7 Å². The Balaban J connectivity index is 0.00000272. The van der Waals surface area contributed by atoms with Gasteiger partial charge in [0.15, 0.2) is 0 Å². The van der Waals surface area contributed by atoms with Crippen LogP contribution in [-0.2, 0) is 19.7 Å². The topological polar surface area (TPSA) is 58.6 Å². The molecule has 4 aromatic rings. The van der Waals surface area contributed by atoms with Crippen LogP contribution in [-0.4, -0.2) is 11.1 Å². The maximum atomic E-state index is 11.0. The summed E-state index contributed by atoms with van der Waals surface area (Å²) in [5.41, 5.74) is 3.57. The summed E-state index contributed by atoms with van der Waals surface area (Å²) >= 11 is 0. The second-order valence-corrected chi connectivity index (χ2v) is 7.14. The quantitative estimate of drug-likeness (QED) is 0.367. The minimum atomic E-state index is -0.912. The van der Waals surface area contributed by atoms with Gasteiger partial charge in [-0.15, -0.1) is 12.4 Å². The Bertz CT molecular complexity index is 1140. The number of carboxylic acid groups (broad SMARTS) is 1. The van der Waals surface area contributed by atoms with Gasteiger partial charge in [-0.3, -0.25) is 0 Å². The Morgan fingerprint density at radius 1 is 0.774 bits per heavy atom. The lowest BCUT2D eigenvalue weighted by Crippen LogP contribution is -2.14. The molecular formula is C26H24ClNO3. The summed E-state index contributed by atoms with van der Waals surface area (Å²) < 4.78 is 6.17. The van der Waals surface area contributed by atoms with Crippen LogP contribution in [0.5, 0.6) is 5.75 Å². The van der Waals surface area contributed by atoms with Crippen molar-refractivity contribution in [1.82, 2.24) is 5.32 Å². The highest BCUT2D eigenvalue weighted by molar-refractivity contribution is 5.88. The number of rotatable bonds is 8. The van der Waals surface area contributed by atoms with Crippen molar-refractivity contribution in [2.24, 2.45) is 0 Å². The number of fused-ring (bicyclic) bond motifs is 1. The van der Waals surface area contributed by atoms with Gasteiger partial charge < -0.3 is 15.2 Å². The number of carbonyl (C=O) groups is 1. The average Bonchev–Trinajstić information content (AvgIpc) is 2.79. The molecule has 0 aliphatic rings. The third-order valence-corrected chi connectivity index (χ3v) is 5.07. The molecule has 0 heterocycles. The van der Waals surface area contributed by atoms with E-state index in [2.05, 4.69) is 35.6 Å². The SMILES string of the molecule is Cl.O=C(O)c1ccc(CNCc2c(OCc3ccccc3)ccc3ccccc23)cc1. The third-order valence-electron chi connectivity index (χ3n) is 5.07. The molecule has 0 radical (unpaired) electrons. The first-order valence-electron chi connectivity index (χ1n) is 9.91. The van der Waals surface area contributed by atoms with Crippen LogP contribution in [0, 0.1) is 0 Å². The highest BCUT2D eigenvalue weighted by Crippen LogP contribution is 2.29. The molecule has 0 amide bonds. The van der Waals surface area contributed by atoms with Crippen LogP contribution < -0.4 is 10.1 Å². The van der Waals surface area contributed by atoms with Crippen molar-refractivity contribution < 1.29 is 14.6 Å². The Hall–Kier alpha value is -3.34. The Morgan fingerprint density at radius 3 is 2.23 bits per heavy atom. The van der Waals surface area contributed by atoms with Gasteiger partial charge in [-0.1, -0.05) is 72.8 Å². The zero-order chi connectivity index (χ0) is 20.8. The smallest absolute Gasteiger partial charge is 0.335 e. The van der Waals surface area contributed by atoms with Crippen LogP contribution in [0.2, 0.25) is 0 Å². The molecule has 0 saturated carbocycles. The van der Waals surface area contributed by atoms with Crippen molar-refractivity contribution in [1.29, 1.82) is 0 Å². The lowest BCUT2D eigenvalue weighted by molar-refractivity contribution is 0.0697. The maximum absolute atomic E-state index is 11.0. The van der Waals surface area contributed by atoms with E-state index >= 15 is 0 Å². The fourth-order valence-corrected chi connectivity index (χ4v) is 3.47. The zero-order valence-corrected chi connectivity index (χ0v) is 17.8. The number of carboxylic acids is 1. The summed E-state index contributed by atoms with van der Waals surface area (Å²) in [5.74, 6) is -0.0447. The van der Waals surface area contributed by atoms with E-state index in [1.54, 1.807) is 12.1 Å². The van der Waals surface area contributed by atoms with E-state index in [0.29, 0.717) is 25.3 Å². The monoisotopic (exact) mass is 433 g/mol. The standard InChI is InChI=1S/C26H23NO3.ClH/c28-26(29)22-12-10-19(11-13-22)16-27-17-24-23-9-5-4-8-21(23)14-15-25(24)30-18-20-6-2-1-3-7-20;/h1-15,27H,16-18H2,(H,28,29);1H. The van der Waals surface area contributed by atoms with Crippen LogP contribution in [0.25, 0.3) is 10.8 Å². The normalized spacial score (nSPS) is 10.5. The van der Waals surface area contributed by atoms with Gasteiger partial charge >= 0.3 is 5.97 Å². The van der Waals surface area contributed by atoms with E-state index in [4.69, 9.17) is 9.84 Å². The molecule has 4 rings (SSSR count). The lowest BCUT2D eigenvalue weighted by atomic mass is 10.0. The van der Waals surface area contributed by atoms with Gasteiger partial charge in [-0.25, -0.2) is 4.79 Å². The Kier molecular flexibility index (Phi) is 7.65. The molecule has 0 saturated heterocycles. The van der Waals surface area contributed by atoms with Crippen molar-refractivity contribution in [3.8, 4) is 5.75 Å². The molecule has 0 spiro atoms. The molecule has 0 aliphatic carbocycles. The van der Waals surface area contributed by atoms with E-state index in [9.17, 15) is 4.79 Å². The van der Waals surface area contributed by atoms with E-state index < -0.39 is 5.97 Å². The highest BCUT2D eigenvalue weighted by Gasteiger charge is 2.10. The minimum Gasteiger partial charge on any atom is -0.489 e. The lowest BCUT2D eigenvalue weighted by Gasteiger charge is -2.15. The second kappa shape index (κ2) is 10.6. The van der Waals surface area contributed by atoms with Gasteiger partial charge in [0.05, 0.1) is 5.56 Å². The number of hydrogen-bond acceptors (Lipinski definition) is 3. The van der Waals surface area contributed by atoms with Crippen LogP contribution in [0.4, 0.5) is 0 Å². The van der Waals surface area contributed by atoms with Crippen LogP contribution in [0.1, 0.15) is 27.0 Å². The number of halogens is 1. The molecule has 31 heavy (non-hydrogen) atoms. The average molecular weight is 434 g/mol. The number of nitrogens with one attached hydrogen (secondary N) is 1. The van der Waals surface area contributed by atoms with Gasteiger partial charge in [0, 0.05) is 18.7 Å². The summed E-state index contributed by atoms with van der Waals surface area (Å²) in [6, 6.07) is 29.5. The first-order valence-corrected chi connectivity index (χ1v) is 9.91. The molecule has 0 fully saturated rings. The molecule has 0 aliphatic heterocycles. The molecule has 4 aromatic carbocycles. The summed E-state index contributed by atoms with van der Waals surface area (Å²) in [6.45, 7) is 1.80. The number of benzene rings is 4. The van der Waals surface area contributed by atoms with E-state index in [1.807, 2.05) is 48.5 Å². The van der Waals surface area contributed by atoms with E-state index in [1.165, 1.54) is 5.39 Å². The van der Waals surface area contributed by atoms with E-state index in [-0.39, 0.29) is 12.4 Å². The largest absolute Gasteiger partial charge is 0.489 e. The highest BCUT2D eigenvalue weighted by atomic mass is 35.5. The number of hydrogen-bond donors (Lipinski definition) is 2. The summed E-state index contributed by atoms with van der Waals surface area (Å²) in [5, 5.41) is 14.8. The Morgan fingerprint density at radius 2 is 1.48 bits per heavy atom. The molecule has 0 aromatic heterocycles. The van der Waals surface area contributed by atoms with Gasteiger partial charge in [-0.05, 0) is 40.1 Å².